The van der Waals surface area contributed by atoms with Gasteiger partial charge < -0.3 is 16.3 Å². The van der Waals surface area contributed by atoms with E-state index >= 15 is 0 Å². The average molecular weight is 212 g/mol. The van der Waals surface area contributed by atoms with Crippen LogP contribution in [0.5, 0.6) is 0 Å². The maximum absolute atomic E-state index is 4.31. The molecule has 0 amide bonds. The molecule has 0 aromatic carbocycles. The second-order valence-electron chi connectivity index (χ2n) is 2.39. The van der Waals surface area contributed by atoms with Gasteiger partial charge in [-0.3, -0.25) is 4.99 Å². The quantitative estimate of drug-likeness (QED) is 0.490. The monoisotopic (exact) mass is 212 g/mol. The molecule has 12 heavy (non-hydrogen) atoms. The number of amidine groups is 1. The summed E-state index contributed by atoms with van der Waals surface area (Å²) in [4.78, 5) is 4.31. The first-order valence-electron chi connectivity index (χ1n) is 3.39. The van der Waals surface area contributed by atoms with E-state index in [1.165, 1.54) is 0 Å². The van der Waals surface area contributed by atoms with Crippen LogP contribution in [0.2, 0.25) is 0 Å². The minimum atomic E-state index is 0. The minimum Gasteiger partial charge on any atom is -0.412 e. The molecule has 1 aliphatic heterocycles. The fourth-order valence-electron chi connectivity index (χ4n) is 0.937. The lowest BCUT2D eigenvalue weighted by Gasteiger charge is -2.08. The number of thiol groups is 1. The fraction of sp³-hybridized carbons (Fsp3) is 0.833. The van der Waals surface area contributed by atoms with Gasteiger partial charge in [-0.15, -0.1) is 11.7 Å². The van der Waals surface area contributed by atoms with Crippen LogP contribution in [0.4, 0.5) is 0 Å². The summed E-state index contributed by atoms with van der Waals surface area (Å²) in [6.07, 6.45) is 0. The van der Waals surface area contributed by atoms with Crippen LogP contribution in [0.25, 0.3) is 0 Å². The lowest BCUT2D eigenvalue weighted by molar-refractivity contribution is 0.823. The van der Waals surface area contributed by atoms with Crippen molar-refractivity contribution >= 4 is 28.3 Å². The van der Waals surface area contributed by atoms with Crippen molar-refractivity contribution in [1.82, 2.24) is 5.32 Å². The molecular weight excluding hydrogens is 196 g/mol. The molecule has 0 bridgehead atoms. The number of nitrogens with one attached hydrogen (secondary N) is 1. The third-order valence-corrected chi connectivity index (χ3v) is 2.59. The molecule has 1 atom stereocenters. The summed E-state index contributed by atoms with van der Waals surface area (Å²) in [5, 5.41) is 3.24. The molecule has 0 saturated carbocycles. The molecule has 1 unspecified atom stereocenters. The SMILES string of the molecule is CC(CSS)C1=NCCN1.O.O. The summed E-state index contributed by atoms with van der Waals surface area (Å²) >= 11 is 4.09. The molecule has 0 saturated heterocycles. The van der Waals surface area contributed by atoms with Crippen LogP contribution in [0.1, 0.15) is 6.92 Å². The number of rotatable bonds is 3. The summed E-state index contributed by atoms with van der Waals surface area (Å²) in [5.74, 6) is 2.72. The van der Waals surface area contributed by atoms with E-state index in [9.17, 15) is 0 Å². The van der Waals surface area contributed by atoms with E-state index in [1.54, 1.807) is 10.8 Å². The molecule has 4 nitrogen and oxygen atoms in total. The van der Waals surface area contributed by atoms with E-state index in [0.717, 1.165) is 24.7 Å². The van der Waals surface area contributed by atoms with Crippen LogP contribution in [-0.2, 0) is 0 Å². The minimum absolute atomic E-state index is 0. The summed E-state index contributed by atoms with van der Waals surface area (Å²) in [6.45, 7) is 4.12. The third-order valence-electron chi connectivity index (χ3n) is 1.49. The van der Waals surface area contributed by atoms with Crippen molar-refractivity contribution in [3.63, 3.8) is 0 Å². The highest BCUT2D eigenvalue weighted by Gasteiger charge is 2.12. The van der Waals surface area contributed by atoms with Crippen molar-refractivity contribution in [2.45, 2.75) is 6.92 Å². The van der Waals surface area contributed by atoms with Crippen LogP contribution < -0.4 is 5.32 Å². The van der Waals surface area contributed by atoms with E-state index < -0.39 is 0 Å². The van der Waals surface area contributed by atoms with Crippen molar-refractivity contribution in [1.29, 1.82) is 0 Å². The van der Waals surface area contributed by atoms with E-state index in [1.807, 2.05) is 0 Å². The Labute approximate surface area is 81.6 Å². The Balaban J connectivity index is 0. The standard InChI is InChI=1S/C6H12N2S2.2H2O/c1-5(4-10-9)6-7-2-3-8-6;;/h5,9H,2-4H2,1H3,(H,7,8);2*1H2. The van der Waals surface area contributed by atoms with E-state index in [-0.39, 0.29) is 11.0 Å². The zero-order chi connectivity index (χ0) is 7.40. The van der Waals surface area contributed by atoms with Crippen molar-refractivity contribution in [3.05, 3.63) is 0 Å². The summed E-state index contributed by atoms with van der Waals surface area (Å²) < 4.78 is 0. The molecule has 0 aromatic rings. The summed E-state index contributed by atoms with van der Waals surface area (Å²) in [6, 6.07) is 0. The zero-order valence-corrected chi connectivity index (χ0v) is 8.71. The van der Waals surface area contributed by atoms with Gasteiger partial charge in [-0.2, -0.15) is 0 Å². The van der Waals surface area contributed by atoms with Crippen LogP contribution in [0, 0.1) is 5.92 Å². The molecule has 0 radical (unpaired) electrons. The number of aliphatic imine (C=N–C) groups is 1. The predicted octanol–water partition coefficient (Wildman–Crippen LogP) is -0.447. The largest absolute Gasteiger partial charge is 0.412 e. The Morgan fingerprint density at radius 1 is 1.67 bits per heavy atom. The lowest BCUT2D eigenvalue weighted by atomic mass is 10.2. The molecule has 74 valence electrons. The Morgan fingerprint density at radius 3 is 2.75 bits per heavy atom. The van der Waals surface area contributed by atoms with Crippen LogP contribution in [0.3, 0.4) is 0 Å². The second-order valence-corrected chi connectivity index (χ2v) is 3.76. The van der Waals surface area contributed by atoms with Gasteiger partial charge in [0.2, 0.25) is 0 Å². The molecule has 0 aromatic heterocycles. The number of nitrogens with zero attached hydrogens (tertiary/aromatic N) is 1. The van der Waals surface area contributed by atoms with Gasteiger partial charge in [0.05, 0.1) is 6.54 Å². The fourth-order valence-corrected chi connectivity index (χ4v) is 1.99. The molecule has 1 rings (SSSR count). The third kappa shape index (κ3) is 4.20. The normalized spacial score (nSPS) is 16.7. The number of hydrogen-bond acceptors (Lipinski definition) is 4. The second kappa shape index (κ2) is 7.72. The summed E-state index contributed by atoms with van der Waals surface area (Å²) in [5.41, 5.74) is 0. The van der Waals surface area contributed by atoms with Gasteiger partial charge in [-0.25, -0.2) is 0 Å². The highest BCUT2D eigenvalue weighted by molar-refractivity contribution is 8.68. The molecule has 0 fully saturated rings. The zero-order valence-electron chi connectivity index (χ0n) is 7.00. The molecule has 1 aliphatic rings. The topological polar surface area (TPSA) is 87.4 Å². The van der Waals surface area contributed by atoms with Gasteiger partial charge in [0, 0.05) is 18.2 Å². The molecule has 5 N–H and O–H groups in total. The first-order valence-corrected chi connectivity index (χ1v) is 5.43. The number of hydrogen-bond donors (Lipinski definition) is 2. The summed E-state index contributed by atoms with van der Waals surface area (Å²) in [7, 11) is 1.57. The average Bonchev–Trinajstić information content (AvgIpc) is 2.38. The first-order chi connectivity index (χ1) is 4.84. The Bertz CT molecular complexity index is 144. The van der Waals surface area contributed by atoms with Crippen LogP contribution >= 0.6 is 22.5 Å². The Kier molecular flexibility index (Phi) is 9.40. The van der Waals surface area contributed by atoms with E-state index in [4.69, 9.17) is 0 Å². The molecule has 0 aliphatic carbocycles. The molecule has 1 heterocycles. The van der Waals surface area contributed by atoms with Gasteiger partial charge in [-0.1, -0.05) is 17.7 Å². The highest BCUT2D eigenvalue weighted by atomic mass is 33.1. The lowest BCUT2D eigenvalue weighted by Crippen LogP contribution is -2.26. The molecular formula is C6H16N2O2S2. The van der Waals surface area contributed by atoms with Gasteiger partial charge >= 0.3 is 0 Å². The molecule has 0 spiro atoms. The molecule has 6 heteroatoms. The van der Waals surface area contributed by atoms with Crippen molar-refractivity contribution in [2.24, 2.45) is 10.9 Å². The van der Waals surface area contributed by atoms with Gasteiger partial charge in [0.25, 0.3) is 0 Å². The van der Waals surface area contributed by atoms with Gasteiger partial charge in [0.15, 0.2) is 0 Å². The van der Waals surface area contributed by atoms with Crippen molar-refractivity contribution in [3.8, 4) is 0 Å². The Morgan fingerprint density at radius 2 is 2.33 bits per heavy atom. The Hall–Kier alpha value is 0.0900. The van der Waals surface area contributed by atoms with Crippen molar-refractivity contribution < 1.29 is 11.0 Å². The van der Waals surface area contributed by atoms with E-state index in [0.29, 0.717) is 5.92 Å². The maximum Gasteiger partial charge on any atom is 0.100 e. The maximum atomic E-state index is 4.31. The van der Waals surface area contributed by atoms with Gasteiger partial charge in [-0.05, 0) is 0 Å². The first kappa shape index (κ1) is 14.6. The predicted molar refractivity (Wildman–Crippen MR) is 58.1 cm³/mol. The van der Waals surface area contributed by atoms with E-state index in [2.05, 4.69) is 28.9 Å². The van der Waals surface area contributed by atoms with Crippen LogP contribution in [0.15, 0.2) is 4.99 Å². The smallest absolute Gasteiger partial charge is 0.100 e. The van der Waals surface area contributed by atoms with Gasteiger partial charge in [0.1, 0.15) is 5.84 Å². The highest BCUT2D eigenvalue weighted by Crippen LogP contribution is 2.12. The van der Waals surface area contributed by atoms with Crippen molar-refractivity contribution in [2.75, 3.05) is 18.8 Å². The van der Waals surface area contributed by atoms with Crippen LogP contribution in [-0.4, -0.2) is 35.6 Å².